The summed E-state index contributed by atoms with van der Waals surface area (Å²) in [4.78, 5) is 72.5. The fraction of sp³-hybridized carbons (Fsp3) is 0.455. The van der Waals surface area contributed by atoms with Gasteiger partial charge in [-0.05, 0) is 31.0 Å². The van der Waals surface area contributed by atoms with Gasteiger partial charge in [-0.15, -0.1) is 0 Å². The van der Waals surface area contributed by atoms with E-state index in [-0.39, 0.29) is 11.1 Å². The van der Waals surface area contributed by atoms with E-state index in [1.165, 1.54) is 20.1 Å². The van der Waals surface area contributed by atoms with Crippen LogP contribution < -0.4 is 0 Å². The number of nitrogens with zero attached hydrogens (tertiary/aromatic N) is 1. The predicted molar refractivity (Wildman–Crippen MR) is 162 cm³/mol. The number of aromatic carboxylic acids is 1. The van der Waals surface area contributed by atoms with Gasteiger partial charge in [-0.1, -0.05) is 6.07 Å². The lowest BCUT2D eigenvalue weighted by Gasteiger charge is -2.52. The Kier molecular flexibility index (Phi) is 8.14. The van der Waals surface area contributed by atoms with Crippen molar-refractivity contribution in [3.05, 3.63) is 56.6 Å². The van der Waals surface area contributed by atoms with Crippen LogP contribution in [0.25, 0.3) is 0 Å². The molecule has 1 aliphatic heterocycles. The summed E-state index contributed by atoms with van der Waals surface area (Å²) in [5.74, 6) is -9.60. The molecular weight excluding hydrogens is 650 g/mol. The van der Waals surface area contributed by atoms with Crippen molar-refractivity contribution in [3.8, 4) is 11.5 Å². The summed E-state index contributed by atoms with van der Waals surface area (Å²) in [6, 6.07) is 2.02. The van der Waals surface area contributed by atoms with Crippen LogP contribution in [0.5, 0.6) is 11.5 Å². The van der Waals surface area contributed by atoms with Crippen molar-refractivity contribution < 1.29 is 73.9 Å². The van der Waals surface area contributed by atoms with Gasteiger partial charge in [0.15, 0.2) is 23.2 Å². The van der Waals surface area contributed by atoms with Gasteiger partial charge in [-0.25, -0.2) is 4.79 Å². The number of phenolic OH excluding ortho intramolecular Hbond substituents is 1. The van der Waals surface area contributed by atoms with Crippen LogP contribution in [0.4, 0.5) is 0 Å². The summed E-state index contributed by atoms with van der Waals surface area (Å²) < 4.78 is 16.4. The van der Waals surface area contributed by atoms with E-state index in [2.05, 4.69) is 4.99 Å². The summed E-state index contributed by atoms with van der Waals surface area (Å²) in [5.41, 5.74) is -11.0. The highest BCUT2D eigenvalue weighted by Crippen LogP contribution is 2.56. The number of aryl methyl sites for hydroxylation is 1. The lowest BCUT2D eigenvalue weighted by Crippen LogP contribution is -2.73. The van der Waals surface area contributed by atoms with Crippen LogP contribution in [0, 0.1) is 12.8 Å². The number of rotatable bonds is 5. The number of benzene rings is 2. The normalized spacial score (nSPS) is 33.2. The van der Waals surface area contributed by atoms with Crippen LogP contribution in [-0.2, 0) is 26.2 Å². The minimum atomic E-state index is -3.30. The van der Waals surface area contributed by atoms with Crippen LogP contribution in [0.15, 0.2) is 17.1 Å². The average molecular weight is 684 g/mol. The number of fused-ring (bicyclic) bond motifs is 5. The number of aromatic hydroxyl groups is 2. The van der Waals surface area contributed by atoms with Gasteiger partial charge >= 0.3 is 5.97 Å². The van der Waals surface area contributed by atoms with E-state index in [0.29, 0.717) is 0 Å². The number of aliphatic imine (C=N–C) groups is 1. The Labute approximate surface area is 277 Å². The maximum atomic E-state index is 14.5. The molecule has 0 saturated carbocycles. The highest BCUT2D eigenvalue weighted by atomic mass is 16.6. The molecule has 2 aromatic rings. The number of carboxylic acids is 1. The Morgan fingerprint density at radius 3 is 2.31 bits per heavy atom. The lowest BCUT2D eigenvalue weighted by atomic mass is 9.56. The Bertz CT molecular complexity index is 1900. The monoisotopic (exact) mass is 683 g/mol. The molecule has 2 aromatic carbocycles. The van der Waals surface area contributed by atoms with Gasteiger partial charge in [0.2, 0.25) is 17.3 Å². The third-order valence-corrected chi connectivity index (χ3v) is 10.2. The summed E-state index contributed by atoms with van der Waals surface area (Å²) in [7, 11) is 2.21. The summed E-state index contributed by atoms with van der Waals surface area (Å²) >= 11 is 0. The number of carbonyl (C=O) groups is 5. The minimum absolute atomic E-state index is 0.0205. The number of phenols is 2. The van der Waals surface area contributed by atoms with E-state index in [4.69, 9.17) is 14.2 Å². The number of aliphatic hydroxyl groups is 4. The lowest BCUT2D eigenvalue weighted by molar-refractivity contribution is -0.206. The number of carbonyl (C=O) groups excluding carboxylic acids is 4. The number of ketones is 4. The maximum absolute atomic E-state index is 14.5. The second-order valence-corrected chi connectivity index (χ2v) is 12.6. The third-order valence-electron chi connectivity index (χ3n) is 10.2. The van der Waals surface area contributed by atoms with Crippen molar-refractivity contribution >= 4 is 34.8 Å². The Balaban J connectivity index is 1.55. The molecule has 16 nitrogen and oxygen atoms in total. The zero-order chi connectivity index (χ0) is 36.1. The zero-order valence-corrected chi connectivity index (χ0v) is 26.6. The molecule has 1 heterocycles. The number of hydrogen-bond acceptors (Lipinski definition) is 15. The molecule has 1 saturated heterocycles. The molecule has 0 radical (unpaired) electrons. The molecule has 0 aromatic heterocycles. The highest BCUT2D eigenvalue weighted by Gasteiger charge is 2.72. The van der Waals surface area contributed by atoms with Crippen LogP contribution in [0.1, 0.15) is 81.8 Å². The molecule has 0 unspecified atom stereocenters. The molecule has 3 aliphatic carbocycles. The molecule has 0 amide bonds. The van der Waals surface area contributed by atoms with Crippen LogP contribution in [0.2, 0.25) is 0 Å². The first kappa shape index (κ1) is 34.4. The fourth-order valence-corrected chi connectivity index (χ4v) is 7.85. The van der Waals surface area contributed by atoms with Crippen molar-refractivity contribution in [1.29, 1.82) is 0 Å². The topological polar surface area (TPSA) is 267 Å². The number of methoxy groups -OCH3 is 2. The zero-order valence-electron chi connectivity index (χ0n) is 26.6. The molecular formula is C33H33NO15. The van der Waals surface area contributed by atoms with Crippen molar-refractivity contribution in [2.75, 3.05) is 20.8 Å². The van der Waals surface area contributed by atoms with E-state index in [9.17, 15) is 59.7 Å². The maximum Gasteiger partial charge on any atom is 0.339 e. The van der Waals surface area contributed by atoms with Gasteiger partial charge in [-0.2, -0.15) is 0 Å². The van der Waals surface area contributed by atoms with Crippen molar-refractivity contribution in [2.45, 2.75) is 68.5 Å². The highest BCUT2D eigenvalue weighted by molar-refractivity contribution is 6.53. The second-order valence-electron chi connectivity index (χ2n) is 12.6. The largest absolute Gasteiger partial charge is 0.507 e. The Morgan fingerprint density at radius 1 is 1.04 bits per heavy atom. The first-order valence-corrected chi connectivity index (χ1v) is 15.2. The smallest absolute Gasteiger partial charge is 0.339 e. The average Bonchev–Trinajstić information content (AvgIpc) is 3.02. The van der Waals surface area contributed by atoms with E-state index in [1.807, 2.05) is 0 Å². The molecule has 16 heteroatoms. The quantitative estimate of drug-likeness (QED) is 0.212. The Hall–Kier alpha value is -4.42. The van der Waals surface area contributed by atoms with Crippen LogP contribution in [-0.4, -0.2) is 128 Å². The Morgan fingerprint density at radius 2 is 1.71 bits per heavy atom. The van der Waals surface area contributed by atoms with Gasteiger partial charge < -0.3 is 50.0 Å². The van der Waals surface area contributed by atoms with E-state index in [1.54, 1.807) is 6.92 Å². The molecule has 1 fully saturated rings. The number of aliphatic hydroxyl groups excluding tert-OH is 3. The van der Waals surface area contributed by atoms with Gasteiger partial charge in [0, 0.05) is 37.3 Å². The van der Waals surface area contributed by atoms with Gasteiger partial charge in [0.25, 0.3) is 0 Å². The molecule has 49 heavy (non-hydrogen) atoms. The van der Waals surface area contributed by atoms with Gasteiger partial charge in [0.1, 0.15) is 23.2 Å². The summed E-state index contributed by atoms with van der Waals surface area (Å²) in [6.07, 6.45) is -7.39. The molecule has 6 rings (SSSR count). The van der Waals surface area contributed by atoms with Crippen molar-refractivity contribution in [2.24, 2.45) is 10.9 Å². The predicted octanol–water partition coefficient (Wildman–Crippen LogP) is -0.387. The fourth-order valence-electron chi connectivity index (χ4n) is 7.85. The van der Waals surface area contributed by atoms with Gasteiger partial charge in [0.05, 0.1) is 54.1 Å². The SMILES string of the molecule is CO[C@@H]1[C@@H](O)[C@@H](CO)[C@@H](N=C2CC(=O)c3c(cc4c(c3O)C(=O)[C@]3(OC)[C@H](O)Cc5cc(C)c(C(=O)O)c(O)c5[C@]3(O)C4=O)C2=O)O[C@H]1C. The van der Waals surface area contributed by atoms with Crippen LogP contribution in [0.3, 0.4) is 0 Å². The molecule has 0 bridgehead atoms. The molecule has 8 atom stereocenters. The van der Waals surface area contributed by atoms with E-state index < -0.39 is 147 Å². The van der Waals surface area contributed by atoms with Crippen molar-refractivity contribution in [1.82, 2.24) is 0 Å². The molecule has 0 spiro atoms. The number of ether oxygens (including phenoxy) is 3. The first-order valence-electron chi connectivity index (χ1n) is 15.2. The van der Waals surface area contributed by atoms with Crippen LogP contribution >= 0.6 is 0 Å². The number of carboxylic acid groups (broad SMARTS) is 1. The first-order chi connectivity index (χ1) is 23.0. The summed E-state index contributed by atoms with van der Waals surface area (Å²) in [6.45, 7) is 2.27. The minimum Gasteiger partial charge on any atom is -0.507 e. The molecule has 260 valence electrons. The molecule has 4 aliphatic rings. The summed E-state index contributed by atoms with van der Waals surface area (Å²) in [5, 5.41) is 76.8. The van der Waals surface area contributed by atoms with E-state index >= 15 is 0 Å². The van der Waals surface area contributed by atoms with Gasteiger partial charge in [-0.3, -0.25) is 24.2 Å². The van der Waals surface area contributed by atoms with Crippen molar-refractivity contribution in [3.63, 3.8) is 0 Å². The number of Topliss-reactive ketones (excluding diaryl/α,β-unsaturated/α-hetero) is 4. The second kappa shape index (κ2) is 11.6. The van der Waals surface area contributed by atoms with E-state index in [0.717, 1.165) is 13.2 Å². The molecule has 7 N–H and O–H groups in total. The standard InChI is InChI=1S/C33H33NO15/c1-10-5-12-6-18(37)33(48-4)29(43)21-14(28(42)32(33,46)22(12)26(41)19(10)31(44)45)7-13-20(25(21)40)17(36)8-16(23(13)38)34-30-15(9-35)24(39)27(47-3)11(2)49-30/h5,7,11,15,18,24,27,30,35,37,39-41,46H,6,8-9H2,1-4H3,(H,44,45)/t11-,15+,18+,24-,27-,30-,32-,33+/m0/s1. The number of hydrogen-bond donors (Lipinski definition) is 7. The third kappa shape index (κ3) is 4.35.